The van der Waals surface area contributed by atoms with Gasteiger partial charge in [0.25, 0.3) is 0 Å². The van der Waals surface area contributed by atoms with E-state index in [2.05, 4.69) is 30.8 Å². The van der Waals surface area contributed by atoms with E-state index in [0.29, 0.717) is 40.7 Å². The highest BCUT2D eigenvalue weighted by Gasteiger charge is 2.33. The number of rotatable bonds is 6. The van der Waals surface area contributed by atoms with Gasteiger partial charge in [0.2, 0.25) is 11.7 Å². The molecule has 0 radical (unpaired) electrons. The first-order valence-electron chi connectivity index (χ1n) is 8.40. The van der Waals surface area contributed by atoms with Crippen LogP contribution >= 0.6 is 46.9 Å². The Morgan fingerprint density at radius 1 is 1.27 bits per heavy atom. The van der Waals surface area contributed by atoms with Crippen LogP contribution in [0.3, 0.4) is 0 Å². The van der Waals surface area contributed by atoms with Crippen molar-refractivity contribution in [1.82, 2.24) is 25.8 Å². The van der Waals surface area contributed by atoms with Crippen molar-refractivity contribution in [2.24, 2.45) is 4.99 Å². The first-order chi connectivity index (χ1) is 13.8. The minimum absolute atomic E-state index is 0. The van der Waals surface area contributed by atoms with E-state index in [0.717, 1.165) is 22.3 Å². The van der Waals surface area contributed by atoms with Gasteiger partial charge < -0.3 is 15.2 Å². The lowest BCUT2D eigenvalue weighted by Crippen LogP contribution is -2.37. The molecule has 0 unspecified atom stereocenters. The maximum absolute atomic E-state index is 12.6. The highest BCUT2D eigenvalue weighted by Crippen LogP contribution is 2.30. The summed E-state index contributed by atoms with van der Waals surface area (Å²) in [5.74, 6) is 1.20. The minimum Gasteiger partial charge on any atom is -0.356 e. The highest BCUT2D eigenvalue weighted by molar-refractivity contribution is 14.0. The van der Waals surface area contributed by atoms with Crippen molar-refractivity contribution in [3.05, 3.63) is 51.3 Å². The summed E-state index contributed by atoms with van der Waals surface area (Å²) in [7, 11) is 1.58. The molecule has 0 aliphatic heterocycles. The minimum atomic E-state index is -4.42. The maximum Gasteiger partial charge on any atom is 0.434 e. The molecular weight excluding hydrogens is 556 g/mol. The van der Waals surface area contributed by atoms with E-state index < -0.39 is 11.9 Å². The molecule has 3 rings (SSSR count). The summed E-state index contributed by atoms with van der Waals surface area (Å²) in [5.41, 5.74) is -0.136. The van der Waals surface area contributed by atoms with Crippen molar-refractivity contribution in [2.45, 2.75) is 19.1 Å². The highest BCUT2D eigenvalue weighted by atomic mass is 127. The number of thiazole rings is 1. The van der Waals surface area contributed by atoms with Crippen molar-refractivity contribution in [1.29, 1.82) is 0 Å². The molecule has 0 fully saturated rings. The quantitative estimate of drug-likeness (QED) is 0.259. The van der Waals surface area contributed by atoms with E-state index in [1.54, 1.807) is 25.2 Å². The summed E-state index contributed by atoms with van der Waals surface area (Å²) < 4.78 is 42.9. The number of nitrogens with zero attached hydrogens (tertiary/aromatic N) is 4. The fraction of sp³-hybridized carbons (Fsp3) is 0.294. The van der Waals surface area contributed by atoms with Crippen LogP contribution < -0.4 is 10.6 Å². The molecule has 2 aromatic heterocycles. The first-order valence-corrected chi connectivity index (χ1v) is 9.65. The summed E-state index contributed by atoms with van der Waals surface area (Å²) in [5, 5.41) is 11.9. The van der Waals surface area contributed by atoms with Crippen LogP contribution in [0.5, 0.6) is 0 Å². The third kappa shape index (κ3) is 6.80. The number of hydrogen-bond donors (Lipinski definition) is 2. The lowest BCUT2D eigenvalue weighted by atomic mass is 10.2. The van der Waals surface area contributed by atoms with E-state index >= 15 is 0 Å². The largest absolute Gasteiger partial charge is 0.434 e. The average Bonchev–Trinajstić information content (AvgIpc) is 3.34. The molecule has 0 spiro atoms. The molecular formula is C17H17ClF3IN6OS. The summed E-state index contributed by atoms with van der Waals surface area (Å²) in [6.07, 6.45) is -4.09. The number of aromatic nitrogens is 3. The van der Waals surface area contributed by atoms with Gasteiger partial charge in [-0.3, -0.25) is 4.99 Å². The Kier molecular flexibility index (Phi) is 8.85. The predicted octanol–water partition coefficient (Wildman–Crippen LogP) is 4.39. The third-order valence-corrected chi connectivity index (χ3v) is 4.80. The molecule has 0 saturated carbocycles. The van der Waals surface area contributed by atoms with E-state index in [1.807, 2.05) is 6.07 Å². The molecule has 0 aliphatic carbocycles. The molecule has 0 saturated heterocycles. The van der Waals surface area contributed by atoms with Crippen LogP contribution in [0, 0.1) is 0 Å². The fourth-order valence-electron chi connectivity index (χ4n) is 2.30. The topological polar surface area (TPSA) is 88.2 Å². The molecule has 2 N–H and O–H groups in total. The second-order valence-electron chi connectivity index (χ2n) is 5.75. The second-order valence-corrected chi connectivity index (χ2v) is 7.13. The summed E-state index contributed by atoms with van der Waals surface area (Å²) in [6, 6.07) is 7.08. The molecule has 7 nitrogen and oxygen atoms in total. The van der Waals surface area contributed by atoms with E-state index in [4.69, 9.17) is 16.1 Å². The zero-order valence-corrected chi connectivity index (χ0v) is 19.4. The molecule has 162 valence electrons. The van der Waals surface area contributed by atoms with E-state index in [1.165, 1.54) is 0 Å². The van der Waals surface area contributed by atoms with Gasteiger partial charge in [-0.2, -0.15) is 18.2 Å². The number of hydrogen-bond acceptors (Lipinski definition) is 6. The van der Waals surface area contributed by atoms with Gasteiger partial charge in [-0.15, -0.1) is 35.3 Å². The SMILES string of the molecule is CN=C(NCCc1nc(C(F)(F)F)cs1)NCc1nc(-c2cccc(Cl)c2)no1.I. The normalized spacial score (nSPS) is 11.8. The lowest BCUT2D eigenvalue weighted by Gasteiger charge is -2.09. The van der Waals surface area contributed by atoms with Crippen molar-refractivity contribution in [3.8, 4) is 11.4 Å². The van der Waals surface area contributed by atoms with Gasteiger partial charge in [-0.1, -0.05) is 28.9 Å². The van der Waals surface area contributed by atoms with Crippen LogP contribution in [-0.4, -0.2) is 34.7 Å². The van der Waals surface area contributed by atoms with Crippen molar-refractivity contribution < 1.29 is 17.7 Å². The van der Waals surface area contributed by atoms with Crippen LogP contribution in [0.4, 0.5) is 13.2 Å². The van der Waals surface area contributed by atoms with Gasteiger partial charge in [0, 0.05) is 36.0 Å². The fourth-order valence-corrected chi connectivity index (χ4v) is 3.29. The van der Waals surface area contributed by atoms with Gasteiger partial charge in [0.1, 0.15) is 0 Å². The van der Waals surface area contributed by atoms with Crippen LogP contribution in [0.25, 0.3) is 11.4 Å². The van der Waals surface area contributed by atoms with Crippen LogP contribution in [-0.2, 0) is 19.1 Å². The molecule has 0 aliphatic rings. The van der Waals surface area contributed by atoms with Gasteiger partial charge in [-0.05, 0) is 12.1 Å². The summed E-state index contributed by atoms with van der Waals surface area (Å²) in [6.45, 7) is 0.588. The van der Waals surface area contributed by atoms with Crippen molar-refractivity contribution >= 4 is 52.9 Å². The molecule has 2 heterocycles. The van der Waals surface area contributed by atoms with Crippen molar-refractivity contribution in [2.75, 3.05) is 13.6 Å². The van der Waals surface area contributed by atoms with Crippen LogP contribution in [0.2, 0.25) is 5.02 Å². The smallest absolute Gasteiger partial charge is 0.356 e. The molecule has 13 heteroatoms. The summed E-state index contributed by atoms with van der Waals surface area (Å²) in [4.78, 5) is 11.9. The number of aliphatic imine (C=N–C) groups is 1. The van der Waals surface area contributed by atoms with Gasteiger partial charge in [0.15, 0.2) is 11.7 Å². The van der Waals surface area contributed by atoms with Gasteiger partial charge >= 0.3 is 6.18 Å². The first kappa shape index (κ1) is 24.3. The molecule has 0 bridgehead atoms. The molecule has 3 aromatic rings. The van der Waals surface area contributed by atoms with Gasteiger partial charge in [0.05, 0.1) is 11.6 Å². The van der Waals surface area contributed by atoms with E-state index in [-0.39, 0.29) is 30.5 Å². The molecule has 0 amide bonds. The number of guanidine groups is 1. The Labute approximate surface area is 196 Å². The third-order valence-electron chi connectivity index (χ3n) is 3.66. The lowest BCUT2D eigenvalue weighted by molar-refractivity contribution is -0.140. The maximum atomic E-state index is 12.6. The van der Waals surface area contributed by atoms with Crippen LogP contribution in [0.15, 0.2) is 39.2 Å². The van der Waals surface area contributed by atoms with Crippen molar-refractivity contribution in [3.63, 3.8) is 0 Å². The number of halogens is 5. The second kappa shape index (κ2) is 10.9. The molecule has 30 heavy (non-hydrogen) atoms. The Hall–Kier alpha value is -1.93. The number of nitrogens with one attached hydrogen (secondary N) is 2. The Bertz CT molecular complexity index is 994. The Morgan fingerprint density at radius 3 is 2.73 bits per heavy atom. The zero-order chi connectivity index (χ0) is 20.9. The Morgan fingerprint density at radius 2 is 2.07 bits per heavy atom. The number of benzene rings is 1. The number of alkyl halides is 3. The standard InChI is InChI=1S/C17H16ClF3N6OS.HI/c1-22-16(23-6-5-14-25-12(9-29-14)17(19,20)21)24-8-13-26-15(27-28-13)10-3-2-4-11(18)7-10;/h2-4,7,9H,5-6,8H2,1H3,(H2,22,23,24);1H. The zero-order valence-electron chi connectivity index (χ0n) is 15.5. The molecule has 0 atom stereocenters. The van der Waals surface area contributed by atoms with Crippen LogP contribution in [0.1, 0.15) is 16.6 Å². The predicted molar refractivity (Wildman–Crippen MR) is 119 cm³/mol. The average molecular weight is 573 g/mol. The monoisotopic (exact) mass is 572 g/mol. The van der Waals surface area contributed by atoms with E-state index in [9.17, 15) is 13.2 Å². The Balaban J connectivity index is 0.00000320. The van der Waals surface area contributed by atoms with Gasteiger partial charge in [-0.25, -0.2) is 4.98 Å². The summed E-state index contributed by atoms with van der Waals surface area (Å²) >= 11 is 6.93. The molecule has 1 aromatic carbocycles.